The van der Waals surface area contributed by atoms with Gasteiger partial charge in [0.2, 0.25) is 5.91 Å². The molecule has 3 N–H and O–H groups in total. The molecule has 17 heavy (non-hydrogen) atoms. The Morgan fingerprint density at radius 1 is 1.41 bits per heavy atom. The zero-order valence-electron chi connectivity index (χ0n) is 10.5. The number of hydrogen-bond acceptors (Lipinski definition) is 2. The lowest BCUT2D eigenvalue weighted by molar-refractivity contribution is -0.117. The fourth-order valence-electron chi connectivity index (χ4n) is 1.70. The normalized spacial score (nSPS) is 12.3. The van der Waals surface area contributed by atoms with Crippen molar-refractivity contribution in [3.8, 4) is 0 Å². The number of benzene rings is 1. The minimum atomic E-state index is -0.427. The first-order valence-electron chi connectivity index (χ1n) is 5.79. The summed E-state index contributed by atoms with van der Waals surface area (Å²) in [5.74, 6) is -0.118. The number of hydrogen-bond donors (Lipinski definition) is 2. The summed E-state index contributed by atoms with van der Waals surface area (Å²) in [6.45, 7) is 6.01. The molecule has 0 heterocycles. The number of rotatable bonds is 4. The zero-order valence-corrected chi connectivity index (χ0v) is 12.1. The summed E-state index contributed by atoms with van der Waals surface area (Å²) in [6.07, 6.45) is 1.62. The van der Waals surface area contributed by atoms with Gasteiger partial charge in [0.15, 0.2) is 0 Å². The minimum Gasteiger partial charge on any atom is -0.325 e. The van der Waals surface area contributed by atoms with Crippen LogP contribution in [-0.2, 0) is 4.79 Å². The van der Waals surface area contributed by atoms with Crippen molar-refractivity contribution in [2.75, 3.05) is 5.32 Å². The van der Waals surface area contributed by atoms with E-state index in [1.165, 1.54) is 0 Å². The fraction of sp³-hybridized carbons (Fsp3) is 0.462. The van der Waals surface area contributed by atoms with E-state index in [0.29, 0.717) is 6.42 Å². The molecule has 0 saturated heterocycles. The molecule has 1 rings (SSSR count). The number of amides is 1. The van der Waals surface area contributed by atoms with E-state index in [1.54, 1.807) is 0 Å². The molecule has 0 saturated carbocycles. The maximum Gasteiger partial charge on any atom is 0.241 e. The lowest BCUT2D eigenvalue weighted by Gasteiger charge is -2.13. The van der Waals surface area contributed by atoms with Gasteiger partial charge in [0.05, 0.1) is 6.04 Å². The molecule has 0 aliphatic heterocycles. The summed E-state index contributed by atoms with van der Waals surface area (Å²) in [7, 11) is 0. The van der Waals surface area contributed by atoms with Gasteiger partial charge in [0.25, 0.3) is 0 Å². The van der Waals surface area contributed by atoms with E-state index in [1.807, 2.05) is 32.9 Å². The van der Waals surface area contributed by atoms with Crippen molar-refractivity contribution in [3.05, 3.63) is 27.7 Å². The molecule has 4 heteroatoms. The van der Waals surface area contributed by atoms with Crippen LogP contribution < -0.4 is 11.1 Å². The van der Waals surface area contributed by atoms with Crippen LogP contribution in [0.2, 0.25) is 0 Å². The van der Waals surface area contributed by atoms with Crippen LogP contribution in [0.5, 0.6) is 0 Å². The molecular weight excluding hydrogens is 280 g/mol. The first-order valence-corrected chi connectivity index (χ1v) is 6.58. The molecule has 0 aliphatic carbocycles. The second-order valence-electron chi connectivity index (χ2n) is 4.31. The van der Waals surface area contributed by atoms with Gasteiger partial charge < -0.3 is 11.1 Å². The van der Waals surface area contributed by atoms with Crippen LogP contribution in [-0.4, -0.2) is 11.9 Å². The van der Waals surface area contributed by atoms with Gasteiger partial charge >= 0.3 is 0 Å². The van der Waals surface area contributed by atoms with Crippen molar-refractivity contribution in [3.63, 3.8) is 0 Å². The third-order valence-electron chi connectivity index (χ3n) is 2.64. The quantitative estimate of drug-likeness (QED) is 0.897. The third kappa shape index (κ3) is 3.82. The van der Waals surface area contributed by atoms with Crippen LogP contribution in [0.3, 0.4) is 0 Å². The van der Waals surface area contributed by atoms with Crippen LogP contribution in [0.1, 0.15) is 30.9 Å². The number of aryl methyl sites for hydroxylation is 2. The van der Waals surface area contributed by atoms with Crippen LogP contribution in [0.25, 0.3) is 0 Å². The monoisotopic (exact) mass is 298 g/mol. The van der Waals surface area contributed by atoms with E-state index in [2.05, 4.69) is 21.2 Å². The highest BCUT2D eigenvalue weighted by atomic mass is 79.9. The Morgan fingerprint density at radius 2 is 1.94 bits per heavy atom. The Morgan fingerprint density at radius 3 is 2.41 bits per heavy atom. The fourth-order valence-corrected chi connectivity index (χ4v) is 1.92. The van der Waals surface area contributed by atoms with Crippen LogP contribution in [0.15, 0.2) is 16.6 Å². The zero-order chi connectivity index (χ0) is 13.0. The Bertz CT molecular complexity index is 395. The topological polar surface area (TPSA) is 55.1 Å². The highest BCUT2D eigenvalue weighted by Gasteiger charge is 2.13. The van der Waals surface area contributed by atoms with Gasteiger partial charge in [-0.3, -0.25) is 4.79 Å². The Kier molecular flexibility index (Phi) is 5.15. The molecule has 0 unspecified atom stereocenters. The molecule has 0 bridgehead atoms. The summed E-state index contributed by atoms with van der Waals surface area (Å²) in [5.41, 5.74) is 8.77. The molecule has 1 atom stereocenters. The van der Waals surface area contributed by atoms with Gasteiger partial charge in [-0.05, 0) is 43.5 Å². The van der Waals surface area contributed by atoms with E-state index in [4.69, 9.17) is 5.73 Å². The van der Waals surface area contributed by atoms with E-state index in [0.717, 1.165) is 27.7 Å². The van der Waals surface area contributed by atoms with Crippen molar-refractivity contribution in [1.82, 2.24) is 0 Å². The van der Waals surface area contributed by atoms with E-state index in [-0.39, 0.29) is 5.91 Å². The number of nitrogens with two attached hydrogens (primary N) is 1. The highest BCUT2D eigenvalue weighted by Crippen LogP contribution is 2.25. The molecule has 1 aromatic carbocycles. The summed E-state index contributed by atoms with van der Waals surface area (Å²) >= 11 is 3.50. The number of nitrogens with one attached hydrogen (secondary N) is 1. The Balaban J connectivity index is 2.79. The third-order valence-corrected chi connectivity index (χ3v) is 3.89. The lowest BCUT2D eigenvalue weighted by Crippen LogP contribution is -2.35. The molecule has 0 aromatic heterocycles. The standard InChI is InChI=1S/C13H19BrN2O/c1-4-5-11(15)13(17)16-10-6-8(2)12(14)9(3)7-10/h6-7,11H,4-5,15H2,1-3H3,(H,16,17)/t11-/m1/s1. The smallest absolute Gasteiger partial charge is 0.241 e. The minimum absolute atomic E-state index is 0.118. The summed E-state index contributed by atoms with van der Waals surface area (Å²) in [4.78, 5) is 11.8. The van der Waals surface area contributed by atoms with E-state index in [9.17, 15) is 4.79 Å². The molecule has 1 aromatic rings. The van der Waals surface area contributed by atoms with Gasteiger partial charge in [-0.2, -0.15) is 0 Å². The molecule has 0 fully saturated rings. The van der Waals surface area contributed by atoms with Crippen molar-refractivity contribution in [2.24, 2.45) is 5.73 Å². The molecular formula is C13H19BrN2O. The van der Waals surface area contributed by atoms with E-state index >= 15 is 0 Å². The second-order valence-corrected chi connectivity index (χ2v) is 5.10. The first kappa shape index (κ1) is 14.2. The number of halogens is 1. The summed E-state index contributed by atoms with van der Waals surface area (Å²) in [5, 5.41) is 2.85. The predicted molar refractivity (Wildman–Crippen MR) is 75.1 cm³/mol. The molecule has 0 spiro atoms. The average Bonchev–Trinajstić information content (AvgIpc) is 2.26. The van der Waals surface area contributed by atoms with Crippen molar-refractivity contribution >= 4 is 27.5 Å². The SMILES string of the molecule is CCC[C@@H](N)C(=O)Nc1cc(C)c(Br)c(C)c1. The van der Waals surface area contributed by atoms with Gasteiger partial charge in [-0.15, -0.1) is 0 Å². The van der Waals surface area contributed by atoms with Crippen molar-refractivity contribution in [2.45, 2.75) is 39.7 Å². The van der Waals surface area contributed by atoms with Gasteiger partial charge in [-0.25, -0.2) is 0 Å². The van der Waals surface area contributed by atoms with Crippen molar-refractivity contribution < 1.29 is 4.79 Å². The van der Waals surface area contributed by atoms with Crippen LogP contribution in [0, 0.1) is 13.8 Å². The maximum atomic E-state index is 11.8. The van der Waals surface area contributed by atoms with Gasteiger partial charge in [-0.1, -0.05) is 29.3 Å². The van der Waals surface area contributed by atoms with Gasteiger partial charge in [0.1, 0.15) is 0 Å². The van der Waals surface area contributed by atoms with Gasteiger partial charge in [0, 0.05) is 10.2 Å². The van der Waals surface area contributed by atoms with Crippen LogP contribution in [0.4, 0.5) is 5.69 Å². The molecule has 0 aliphatic rings. The van der Waals surface area contributed by atoms with E-state index < -0.39 is 6.04 Å². The Hall–Kier alpha value is -0.870. The maximum absolute atomic E-state index is 11.8. The molecule has 94 valence electrons. The summed E-state index contributed by atoms with van der Waals surface area (Å²) < 4.78 is 1.08. The second kappa shape index (κ2) is 6.17. The lowest BCUT2D eigenvalue weighted by atomic mass is 10.1. The number of carbonyl (C=O) groups is 1. The Labute approximate surface area is 111 Å². The molecule has 1 amide bonds. The predicted octanol–water partition coefficient (Wildman–Crippen LogP) is 3.13. The average molecular weight is 299 g/mol. The molecule has 0 radical (unpaired) electrons. The molecule has 3 nitrogen and oxygen atoms in total. The largest absolute Gasteiger partial charge is 0.325 e. The number of carbonyl (C=O) groups excluding carboxylic acids is 1. The van der Waals surface area contributed by atoms with Crippen molar-refractivity contribution in [1.29, 1.82) is 0 Å². The first-order chi connectivity index (χ1) is 7.95. The summed E-state index contributed by atoms with van der Waals surface area (Å²) in [6, 6.07) is 3.45. The number of anilines is 1. The highest BCUT2D eigenvalue weighted by molar-refractivity contribution is 9.10. The van der Waals surface area contributed by atoms with Crippen LogP contribution >= 0.6 is 15.9 Å².